The number of carbonyl (C=O) groups excluding carboxylic acids is 6. The molecule has 2 aromatic carbocycles. The SMILES string of the molecule is CC(C)[C@H](NC(=O)[C@H](Cc1ccc2ccccc2n1)NC(=O)[C@H](CC(=O)OC(C)(C)C)NC(=O)OCc1ccccc1)C(=O)N[C@H](C#CS(C)(=O)=O)CC(=O)OC(C)(C)C. The Labute approximate surface area is 351 Å². The number of rotatable bonds is 16. The second kappa shape index (κ2) is 21.3. The highest BCUT2D eigenvalue weighted by Gasteiger charge is 2.34. The summed E-state index contributed by atoms with van der Waals surface area (Å²) in [6.45, 7) is 13.0. The first kappa shape index (κ1) is 48.3. The molecule has 0 bridgehead atoms. The molecule has 3 rings (SSSR count). The fraction of sp³-hybridized carbons (Fsp3) is 0.465. The fourth-order valence-corrected chi connectivity index (χ4v) is 5.85. The largest absolute Gasteiger partial charge is 0.460 e. The lowest BCUT2D eigenvalue weighted by molar-refractivity contribution is -0.157. The van der Waals surface area contributed by atoms with Crippen LogP contribution in [0.2, 0.25) is 0 Å². The maximum absolute atomic E-state index is 14.2. The number of aromatic nitrogens is 1. The molecule has 324 valence electrons. The number of ether oxygens (including phenoxy) is 3. The van der Waals surface area contributed by atoms with Crippen LogP contribution in [0.4, 0.5) is 4.79 Å². The molecule has 0 aliphatic carbocycles. The standard InChI is InChI=1S/C43H55N5O11S/c1-27(2)37(40(53)45-31(21-22-60(9,55)56)24-35(49)58-42(3,4)5)48-39(52)33(23-30-20-19-29-17-13-14-18-32(29)44-30)46-38(51)34(25-36(50)59-43(6,7)8)47-41(54)57-26-28-15-11-10-12-16-28/h10-20,27,31,33-34,37H,23-26H2,1-9H3,(H,45,53)(H,46,51)(H,47,54)(H,48,52)/t31-,33+,34+,37+/m1/s1. The number of esters is 2. The lowest BCUT2D eigenvalue weighted by atomic mass is 10.0. The number of sulfone groups is 1. The van der Waals surface area contributed by atoms with Gasteiger partial charge in [-0.05, 0) is 65.2 Å². The molecule has 0 saturated carbocycles. The first-order valence-corrected chi connectivity index (χ1v) is 21.2. The fourth-order valence-electron chi connectivity index (χ4n) is 5.50. The molecule has 0 radical (unpaired) electrons. The molecule has 1 aromatic heterocycles. The smallest absolute Gasteiger partial charge is 0.408 e. The summed E-state index contributed by atoms with van der Waals surface area (Å²) in [6, 6.07) is 13.8. The van der Waals surface area contributed by atoms with Crippen LogP contribution in [-0.4, -0.2) is 90.8 Å². The summed E-state index contributed by atoms with van der Waals surface area (Å²) < 4.78 is 39.8. The molecule has 1 heterocycles. The van der Waals surface area contributed by atoms with Gasteiger partial charge in [0.1, 0.15) is 42.0 Å². The summed E-state index contributed by atoms with van der Waals surface area (Å²) in [6.07, 6.45) is -1.49. The van der Waals surface area contributed by atoms with Crippen LogP contribution in [0.15, 0.2) is 66.7 Å². The van der Waals surface area contributed by atoms with E-state index in [0.29, 0.717) is 16.8 Å². The van der Waals surface area contributed by atoms with E-state index in [2.05, 4.69) is 32.2 Å². The number of nitrogens with zero attached hydrogens (tertiary/aromatic N) is 1. The van der Waals surface area contributed by atoms with E-state index in [4.69, 9.17) is 14.2 Å². The number of fused-ring (bicyclic) bond motifs is 1. The number of amides is 4. The minimum Gasteiger partial charge on any atom is -0.460 e. The molecular formula is C43H55N5O11S. The highest BCUT2D eigenvalue weighted by Crippen LogP contribution is 2.15. The number of pyridine rings is 1. The van der Waals surface area contributed by atoms with Crippen LogP contribution in [0.3, 0.4) is 0 Å². The topological polar surface area (TPSA) is 225 Å². The number of para-hydroxylation sites is 1. The van der Waals surface area contributed by atoms with Gasteiger partial charge < -0.3 is 35.5 Å². The van der Waals surface area contributed by atoms with Crippen LogP contribution in [0.25, 0.3) is 10.9 Å². The summed E-state index contributed by atoms with van der Waals surface area (Å²) in [5.74, 6) is -2.38. The molecule has 4 amide bonds. The highest BCUT2D eigenvalue weighted by atomic mass is 32.2. The van der Waals surface area contributed by atoms with E-state index in [-0.39, 0.29) is 13.0 Å². The van der Waals surface area contributed by atoms with E-state index in [9.17, 15) is 37.2 Å². The van der Waals surface area contributed by atoms with Crippen molar-refractivity contribution >= 4 is 56.5 Å². The van der Waals surface area contributed by atoms with Crippen molar-refractivity contribution in [3.05, 3.63) is 78.0 Å². The van der Waals surface area contributed by atoms with E-state index in [0.717, 1.165) is 11.6 Å². The Balaban J connectivity index is 1.95. The van der Waals surface area contributed by atoms with Gasteiger partial charge in [-0.15, -0.1) is 0 Å². The van der Waals surface area contributed by atoms with Gasteiger partial charge in [0.25, 0.3) is 0 Å². The molecule has 0 aliphatic rings. The second-order valence-corrected chi connectivity index (χ2v) is 18.2. The summed E-state index contributed by atoms with van der Waals surface area (Å²) in [5.41, 5.74) is -0.148. The lowest BCUT2D eigenvalue weighted by Crippen LogP contribution is -2.59. The van der Waals surface area contributed by atoms with Crippen molar-refractivity contribution in [3.63, 3.8) is 0 Å². The van der Waals surface area contributed by atoms with Crippen LogP contribution in [0, 0.1) is 17.1 Å². The highest BCUT2D eigenvalue weighted by molar-refractivity contribution is 7.95. The summed E-state index contributed by atoms with van der Waals surface area (Å²) >= 11 is 0. The lowest BCUT2D eigenvalue weighted by Gasteiger charge is -2.28. The Bertz CT molecular complexity index is 2190. The van der Waals surface area contributed by atoms with Crippen LogP contribution in [0.1, 0.15) is 79.5 Å². The predicted octanol–water partition coefficient (Wildman–Crippen LogP) is 3.65. The molecule has 0 spiro atoms. The number of alkyl carbamates (subject to hydrolysis) is 1. The van der Waals surface area contributed by atoms with Crippen molar-refractivity contribution in [3.8, 4) is 11.2 Å². The monoisotopic (exact) mass is 849 g/mol. The van der Waals surface area contributed by atoms with Gasteiger partial charge in [0, 0.05) is 22.8 Å². The average molecular weight is 850 g/mol. The van der Waals surface area contributed by atoms with Gasteiger partial charge in [0.2, 0.25) is 27.6 Å². The van der Waals surface area contributed by atoms with Crippen molar-refractivity contribution in [2.24, 2.45) is 5.92 Å². The number of carbonyl (C=O) groups is 6. The number of benzene rings is 2. The van der Waals surface area contributed by atoms with Crippen molar-refractivity contribution in [2.75, 3.05) is 6.26 Å². The molecule has 17 heteroatoms. The van der Waals surface area contributed by atoms with E-state index in [1.165, 1.54) is 0 Å². The van der Waals surface area contributed by atoms with Crippen molar-refractivity contribution in [1.82, 2.24) is 26.3 Å². The third-order valence-corrected chi connectivity index (χ3v) is 8.58. The second-order valence-electron chi connectivity index (χ2n) is 16.4. The third-order valence-electron chi connectivity index (χ3n) is 8.09. The first-order valence-electron chi connectivity index (χ1n) is 19.3. The zero-order valence-corrected chi connectivity index (χ0v) is 36.2. The van der Waals surface area contributed by atoms with Crippen LogP contribution >= 0.6 is 0 Å². The molecule has 0 saturated heterocycles. The van der Waals surface area contributed by atoms with Gasteiger partial charge in [-0.3, -0.25) is 29.0 Å². The number of nitrogens with one attached hydrogen (secondary N) is 4. The van der Waals surface area contributed by atoms with Crippen LogP contribution < -0.4 is 21.3 Å². The molecule has 0 fully saturated rings. The molecule has 4 N–H and O–H groups in total. The average Bonchev–Trinajstić information content (AvgIpc) is 3.12. The predicted molar refractivity (Wildman–Crippen MR) is 223 cm³/mol. The van der Waals surface area contributed by atoms with Gasteiger partial charge in [-0.1, -0.05) is 74.4 Å². The van der Waals surface area contributed by atoms with Crippen molar-refractivity contribution in [1.29, 1.82) is 0 Å². The molecular weight excluding hydrogens is 795 g/mol. The van der Waals surface area contributed by atoms with Gasteiger partial charge in [0.15, 0.2) is 0 Å². The zero-order valence-electron chi connectivity index (χ0n) is 35.4. The number of hydrogen-bond acceptors (Lipinski definition) is 12. The molecule has 0 unspecified atom stereocenters. The molecule has 3 aromatic rings. The van der Waals surface area contributed by atoms with E-state index < -0.39 is 99.7 Å². The minimum atomic E-state index is -3.84. The Morgan fingerprint density at radius 2 is 1.28 bits per heavy atom. The van der Waals surface area contributed by atoms with Crippen LogP contribution in [0.5, 0.6) is 0 Å². The Hall–Kier alpha value is -6.02. The van der Waals surface area contributed by atoms with E-state index >= 15 is 0 Å². The Morgan fingerprint density at radius 1 is 0.700 bits per heavy atom. The normalized spacial score (nSPS) is 13.6. The Kier molecular flexibility index (Phi) is 17.2. The third kappa shape index (κ3) is 17.9. The molecule has 16 nitrogen and oxygen atoms in total. The van der Waals surface area contributed by atoms with Gasteiger partial charge in [-0.2, -0.15) is 0 Å². The number of hydrogen-bond donors (Lipinski definition) is 4. The first-order chi connectivity index (χ1) is 27.9. The molecule has 4 atom stereocenters. The summed E-state index contributed by atoms with van der Waals surface area (Å²) in [5, 5.41) is 13.1. The quantitative estimate of drug-likeness (QED) is 0.0702. The van der Waals surface area contributed by atoms with Crippen LogP contribution in [-0.2, 0) is 61.0 Å². The zero-order chi connectivity index (χ0) is 44.8. The minimum absolute atomic E-state index is 0.136. The van der Waals surface area contributed by atoms with Gasteiger partial charge in [0.05, 0.1) is 24.6 Å². The Morgan fingerprint density at radius 3 is 1.88 bits per heavy atom. The molecule has 0 aliphatic heterocycles. The maximum atomic E-state index is 14.2. The van der Waals surface area contributed by atoms with E-state index in [1.54, 1.807) is 110 Å². The summed E-state index contributed by atoms with van der Waals surface area (Å²) in [4.78, 5) is 85.4. The van der Waals surface area contributed by atoms with E-state index in [1.807, 2.05) is 17.4 Å². The van der Waals surface area contributed by atoms with Gasteiger partial charge in [-0.25, -0.2) is 13.2 Å². The maximum Gasteiger partial charge on any atom is 0.408 e. The van der Waals surface area contributed by atoms with Crippen molar-refractivity contribution < 1.29 is 51.4 Å². The summed E-state index contributed by atoms with van der Waals surface area (Å²) in [7, 11) is -3.84. The van der Waals surface area contributed by atoms with Crippen molar-refractivity contribution in [2.45, 2.75) is 117 Å². The van der Waals surface area contributed by atoms with Gasteiger partial charge >= 0.3 is 18.0 Å². The molecule has 60 heavy (non-hydrogen) atoms.